The highest BCUT2D eigenvalue weighted by Gasteiger charge is 2.09. The Labute approximate surface area is 70.5 Å². The molecule has 0 aliphatic carbocycles. The highest BCUT2D eigenvalue weighted by molar-refractivity contribution is 7.97. The third-order valence-electron chi connectivity index (χ3n) is 1.34. The number of carbonyl (C=O) groups is 1. The molecule has 66 valence electrons. The summed E-state index contributed by atoms with van der Waals surface area (Å²) in [5.74, 6) is -0.0582. The third-order valence-corrected chi connectivity index (χ3v) is 1.87. The molecule has 5 heteroatoms. The summed E-state index contributed by atoms with van der Waals surface area (Å²) in [4.78, 5) is 10.2. The van der Waals surface area contributed by atoms with Gasteiger partial charge in [0.05, 0.1) is 0 Å². The van der Waals surface area contributed by atoms with Crippen molar-refractivity contribution in [2.45, 2.75) is 25.3 Å². The van der Waals surface area contributed by atoms with Gasteiger partial charge in [-0.3, -0.25) is 9.93 Å². The van der Waals surface area contributed by atoms with Crippen molar-refractivity contribution in [3.63, 3.8) is 0 Å². The van der Waals surface area contributed by atoms with Gasteiger partial charge in [0.15, 0.2) is 0 Å². The molecule has 0 aromatic rings. The van der Waals surface area contributed by atoms with Crippen LogP contribution in [0.3, 0.4) is 0 Å². The van der Waals surface area contributed by atoms with Gasteiger partial charge in [0.2, 0.25) is 0 Å². The van der Waals surface area contributed by atoms with Crippen molar-refractivity contribution < 1.29 is 9.90 Å². The van der Waals surface area contributed by atoms with Gasteiger partial charge in [-0.25, -0.2) is 0 Å². The van der Waals surface area contributed by atoms with Crippen LogP contribution >= 0.6 is 11.9 Å². The van der Waals surface area contributed by atoms with E-state index in [1.165, 1.54) is 11.9 Å². The maximum absolute atomic E-state index is 10.2. The molecule has 0 aliphatic rings. The second kappa shape index (κ2) is 6.45. The molecule has 0 spiro atoms. The first-order valence-corrected chi connectivity index (χ1v) is 4.53. The summed E-state index contributed by atoms with van der Waals surface area (Å²) in [6.45, 7) is 0. The fraction of sp³-hybridized carbons (Fsp3) is 0.833. The van der Waals surface area contributed by atoms with Crippen LogP contribution in [0.15, 0.2) is 0 Å². The summed E-state index contributed by atoms with van der Waals surface area (Å²) in [7, 11) is 0. The normalized spacial score (nSPS) is 12.9. The first kappa shape index (κ1) is 10.7. The molecule has 5 N–H and O–H groups in total. The van der Waals surface area contributed by atoms with E-state index in [1.54, 1.807) is 0 Å². The number of carboxylic acid groups (broad SMARTS) is 1. The molecule has 0 aliphatic heterocycles. The number of aliphatic carboxylic acids is 1. The molecule has 0 saturated carbocycles. The number of nitrogens with two attached hydrogens (primary N) is 2. The minimum Gasteiger partial charge on any atom is -0.480 e. The largest absolute Gasteiger partial charge is 0.480 e. The van der Waals surface area contributed by atoms with Gasteiger partial charge in [-0.15, -0.1) is 0 Å². The smallest absolute Gasteiger partial charge is 0.320 e. The molecule has 4 nitrogen and oxygen atoms in total. The monoisotopic (exact) mass is 178 g/mol. The molecule has 0 aromatic carbocycles. The molecule has 0 bridgehead atoms. The molecule has 1 unspecified atom stereocenters. The van der Waals surface area contributed by atoms with Crippen LogP contribution in [0.25, 0.3) is 0 Å². The molecule has 0 radical (unpaired) electrons. The number of hydrogen-bond donors (Lipinski definition) is 3. The molecule has 1 atom stereocenters. The Bertz CT molecular complexity index is 121. The van der Waals surface area contributed by atoms with Crippen molar-refractivity contribution in [1.29, 1.82) is 0 Å². The van der Waals surface area contributed by atoms with Gasteiger partial charge in [-0.1, -0.05) is 18.4 Å². The minimum atomic E-state index is -0.926. The van der Waals surface area contributed by atoms with Crippen molar-refractivity contribution in [1.82, 2.24) is 0 Å². The quantitative estimate of drug-likeness (QED) is 0.398. The van der Waals surface area contributed by atoms with Crippen molar-refractivity contribution in [3.8, 4) is 0 Å². The average Bonchev–Trinajstić information content (AvgIpc) is 1.97. The maximum atomic E-state index is 10.2. The van der Waals surface area contributed by atoms with Gasteiger partial charge >= 0.3 is 5.97 Å². The third kappa shape index (κ3) is 6.15. The van der Waals surface area contributed by atoms with Gasteiger partial charge in [0.1, 0.15) is 6.04 Å². The van der Waals surface area contributed by atoms with E-state index in [2.05, 4.69) is 0 Å². The van der Waals surface area contributed by atoms with E-state index in [9.17, 15) is 4.79 Å². The van der Waals surface area contributed by atoms with Gasteiger partial charge < -0.3 is 10.8 Å². The van der Waals surface area contributed by atoms with Gasteiger partial charge in [-0.2, -0.15) is 0 Å². The summed E-state index contributed by atoms with van der Waals surface area (Å²) in [5.41, 5.74) is 5.26. The standard InChI is InChI=1S/C6H14N2O2S/c7-5(6(9)10)3-1-2-4-11-8/h5H,1-4,7-8H2,(H,9,10). The van der Waals surface area contributed by atoms with Crippen molar-refractivity contribution >= 4 is 17.9 Å². The van der Waals surface area contributed by atoms with Crippen LogP contribution in [0.5, 0.6) is 0 Å². The fourth-order valence-corrected chi connectivity index (χ4v) is 1.04. The summed E-state index contributed by atoms with van der Waals surface area (Å²) in [5, 5.41) is 13.6. The zero-order chi connectivity index (χ0) is 8.69. The number of unbranched alkanes of at least 4 members (excludes halogenated alkanes) is 1. The number of carboxylic acids is 1. The minimum absolute atomic E-state index is 0.538. The first-order chi connectivity index (χ1) is 5.18. The fourth-order valence-electron chi connectivity index (χ4n) is 0.673. The van der Waals surface area contributed by atoms with Crippen LogP contribution in [0, 0.1) is 0 Å². The van der Waals surface area contributed by atoms with E-state index in [1.807, 2.05) is 0 Å². The molecular formula is C6H14N2O2S. The van der Waals surface area contributed by atoms with Crippen LogP contribution in [-0.2, 0) is 4.79 Å². The van der Waals surface area contributed by atoms with Crippen LogP contribution < -0.4 is 10.9 Å². The lowest BCUT2D eigenvalue weighted by molar-refractivity contribution is -0.138. The molecule has 0 rings (SSSR count). The second-order valence-corrected chi connectivity index (χ2v) is 3.05. The van der Waals surface area contributed by atoms with Crippen LogP contribution in [0.4, 0.5) is 0 Å². The molecule has 0 amide bonds. The van der Waals surface area contributed by atoms with Crippen molar-refractivity contribution in [3.05, 3.63) is 0 Å². The van der Waals surface area contributed by atoms with Crippen LogP contribution in [-0.4, -0.2) is 22.9 Å². The van der Waals surface area contributed by atoms with E-state index in [4.69, 9.17) is 16.0 Å². The molecule has 0 fully saturated rings. The zero-order valence-electron chi connectivity index (χ0n) is 6.32. The number of hydrogen-bond acceptors (Lipinski definition) is 4. The van der Waals surface area contributed by atoms with Gasteiger partial charge in [0, 0.05) is 5.75 Å². The van der Waals surface area contributed by atoms with E-state index in [-0.39, 0.29) is 0 Å². The molecule has 0 saturated heterocycles. The van der Waals surface area contributed by atoms with E-state index < -0.39 is 12.0 Å². The zero-order valence-corrected chi connectivity index (χ0v) is 7.14. The Morgan fingerprint density at radius 1 is 1.55 bits per heavy atom. The Hall–Kier alpha value is -0.260. The highest BCUT2D eigenvalue weighted by atomic mass is 32.2. The molecule has 11 heavy (non-hydrogen) atoms. The topological polar surface area (TPSA) is 89.3 Å². The van der Waals surface area contributed by atoms with Crippen molar-refractivity contribution in [2.24, 2.45) is 10.9 Å². The predicted octanol–water partition coefficient (Wildman–Crippen LogP) is 0.175. The first-order valence-electron chi connectivity index (χ1n) is 3.48. The summed E-state index contributed by atoms with van der Waals surface area (Å²) >= 11 is 1.27. The highest BCUT2D eigenvalue weighted by Crippen LogP contribution is 2.02. The van der Waals surface area contributed by atoms with E-state index >= 15 is 0 Å². The van der Waals surface area contributed by atoms with E-state index in [0.717, 1.165) is 18.6 Å². The van der Waals surface area contributed by atoms with Crippen LogP contribution in [0.2, 0.25) is 0 Å². The molecule has 0 aromatic heterocycles. The van der Waals surface area contributed by atoms with E-state index in [0.29, 0.717) is 6.42 Å². The maximum Gasteiger partial charge on any atom is 0.320 e. The lowest BCUT2D eigenvalue weighted by Gasteiger charge is -2.04. The van der Waals surface area contributed by atoms with Crippen LogP contribution in [0.1, 0.15) is 19.3 Å². The predicted molar refractivity (Wildman–Crippen MR) is 46.1 cm³/mol. The summed E-state index contributed by atoms with van der Waals surface area (Å²) in [6, 6.07) is -0.710. The average molecular weight is 178 g/mol. The molecule has 0 heterocycles. The second-order valence-electron chi connectivity index (χ2n) is 2.31. The number of rotatable bonds is 6. The van der Waals surface area contributed by atoms with Gasteiger partial charge in [-0.05, 0) is 12.8 Å². The Morgan fingerprint density at radius 2 is 2.18 bits per heavy atom. The lowest BCUT2D eigenvalue weighted by Crippen LogP contribution is -2.29. The Balaban J connectivity index is 3.17. The SMILES string of the molecule is NSCCCCC(N)C(=O)O. The lowest BCUT2D eigenvalue weighted by atomic mass is 10.1. The molecular weight excluding hydrogens is 164 g/mol. The van der Waals surface area contributed by atoms with Crippen molar-refractivity contribution in [2.75, 3.05) is 5.75 Å². The summed E-state index contributed by atoms with van der Waals surface area (Å²) < 4.78 is 0. The Kier molecular flexibility index (Phi) is 6.30. The summed E-state index contributed by atoms with van der Waals surface area (Å²) in [6.07, 6.45) is 2.30. The van der Waals surface area contributed by atoms with Gasteiger partial charge in [0.25, 0.3) is 0 Å². The Morgan fingerprint density at radius 3 is 2.64 bits per heavy atom.